The third kappa shape index (κ3) is 2.58. The Bertz CT molecular complexity index is 594. The van der Waals surface area contributed by atoms with E-state index in [1.165, 1.54) is 24.1 Å². The van der Waals surface area contributed by atoms with Crippen LogP contribution in [-0.2, 0) is 6.54 Å². The lowest BCUT2D eigenvalue weighted by molar-refractivity contribution is 0.415. The molecule has 0 fully saturated rings. The van der Waals surface area contributed by atoms with E-state index in [9.17, 15) is 8.78 Å². The first-order valence-corrected chi connectivity index (χ1v) is 6.13. The predicted molar refractivity (Wildman–Crippen MR) is 75.3 cm³/mol. The van der Waals surface area contributed by atoms with Gasteiger partial charge in [0, 0.05) is 13.6 Å². The van der Waals surface area contributed by atoms with Crippen LogP contribution in [0.1, 0.15) is 5.56 Å². The van der Waals surface area contributed by atoms with Crippen molar-refractivity contribution in [2.45, 2.75) is 6.54 Å². The molecule has 20 heavy (non-hydrogen) atoms. The van der Waals surface area contributed by atoms with Crippen molar-refractivity contribution >= 4 is 11.4 Å². The number of hydrogen-bond donors (Lipinski definition) is 1. The van der Waals surface area contributed by atoms with E-state index in [4.69, 9.17) is 10.5 Å². The van der Waals surface area contributed by atoms with Crippen LogP contribution in [0.3, 0.4) is 0 Å². The SMILES string of the molecule is COc1ccccc1N(C)c1c(F)cc(CN)cc1F. The molecule has 0 aliphatic carbocycles. The van der Waals surface area contributed by atoms with Crippen LogP contribution in [0, 0.1) is 11.6 Å². The minimum atomic E-state index is -0.654. The van der Waals surface area contributed by atoms with Gasteiger partial charge in [-0.3, -0.25) is 0 Å². The van der Waals surface area contributed by atoms with Crippen molar-refractivity contribution in [1.29, 1.82) is 0 Å². The number of rotatable bonds is 4. The summed E-state index contributed by atoms with van der Waals surface area (Å²) in [4.78, 5) is 1.42. The molecule has 0 saturated carbocycles. The van der Waals surface area contributed by atoms with Gasteiger partial charge in [0.05, 0.1) is 12.8 Å². The molecule has 0 spiro atoms. The van der Waals surface area contributed by atoms with Crippen LogP contribution >= 0.6 is 0 Å². The van der Waals surface area contributed by atoms with Crippen molar-refractivity contribution in [2.24, 2.45) is 5.73 Å². The molecule has 0 atom stereocenters. The molecule has 0 aromatic heterocycles. The van der Waals surface area contributed by atoms with Crippen molar-refractivity contribution in [3.8, 4) is 5.75 Å². The van der Waals surface area contributed by atoms with Gasteiger partial charge in [-0.25, -0.2) is 8.78 Å². The van der Waals surface area contributed by atoms with E-state index in [-0.39, 0.29) is 12.2 Å². The largest absolute Gasteiger partial charge is 0.495 e. The zero-order valence-corrected chi connectivity index (χ0v) is 11.4. The molecule has 5 heteroatoms. The molecular weight excluding hydrogens is 262 g/mol. The molecule has 2 aromatic carbocycles. The molecule has 0 heterocycles. The van der Waals surface area contributed by atoms with Crippen molar-refractivity contribution in [3.05, 3.63) is 53.6 Å². The third-order valence-corrected chi connectivity index (χ3v) is 3.09. The van der Waals surface area contributed by atoms with Crippen LogP contribution in [0.2, 0.25) is 0 Å². The highest BCUT2D eigenvalue weighted by Crippen LogP contribution is 2.35. The van der Waals surface area contributed by atoms with Crippen molar-refractivity contribution in [1.82, 2.24) is 0 Å². The number of ether oxygens (including phenoxy) is 1. The Morgan fingerprint density at radius 3 is 2.30 bits per heavy atom. The summed E-state index contributed by atoms with van der Waals surface area (Å²) >= 11 is 0. The lowest BCUT2D eigenvalue weighted by Crippen LogP contribution is -2.15. The molecule has 0 bridgehead atoms. The molecule has 2 aromatic rings. The Morgan fingerprint density at radius 2 is 1.75 bits per heavy atom. The van der Waals surface area contributed by atoms with E-state index in [1.54, 1.807) is 31.3 Å². The van der Waals surface area contributed by atoms with Crippen molar-refractivity contribution in [3.63, 3.8) is 0 Å². The van der Waals surface area contributed by atoms with Gasteiger partial charge in [-0.2, -0.15) is 0 Å². The summed E-state index contributed by atoms with van der Waals surface area (Å²) in [6.07, 6.45) is 0. The Balaban J connectivity index is 2.51. The van der Waals surface area contributed by atoms with E-state index in [2.05, 4.69) is 0 Å². The monoisotopic (exact) mass is 278 g/mol. The highest BCUT2D eigenvalue weighted by atomic mass is 19.1. The fraction of sp³-hybridized carbons (Fsp3) is 0.200. The van der Waals surface area contributed by atoms with Gasteiger partial charge in [-0.1, -0.05) is 12.1 Å². The standard InChI is InChI=1S/C15H16F2N2O/c1-19(13-5-3-4-6-14(13)20-2)15-11(16)7-10(9-18)8-12(15)17/h3-8H,9,18H2,1-2H3. The average Bonchev–Trinajstić information content (AvgIpc) is 2.46. The molecule has 0 aliphatic heterocycles. The van der Waals surface area contributed by atoms with E-state index in [0.717, 1.165) is 0 Å². The van der Waals surface area contributed by atoms with E-state index in [0.29, 0.717) is 17.0 Å². The van der Waals surface area contributed by atoms with Crippen LogP contribution in [0.5, 0.6) is 5.75 Å². The summed E-state index contributed by atoms with van der Waals surface area (Å²) in [6, 6.07) is 9.51. The van der Waals surface area contributed by atoms with Gasteiger partial charge >= 0.3 is 0 Å². The Hall–Kier alpha value is -2.14. The zero-order valence-electron chi connectivity index (χ0n) is 11.4. The molecule has 106 valence electrons. The van der Waals surface area contributed by atoms with Gasteiger partial charge in [-0.05, 0) is 29.8 Å². The Labute approximate surface area is 116 Å². The van der Waals surface area contributed by atoms with E-state index < -0.39 is 11.6 Å². The molecule has 3 nitrogen and oxygen atoms in total. The van der Waals surface area contributed by atoms with Crippen LogP contribution in [0.15, 0.2) is 36.4 Å². The molecule has 0 saturated heterocycles. The number of halogens is 2. The summed E-state index contributed by atoms with van der Waals surface area (Å²) in [6.45, 7) is 0.0898. The number of hydrogen-bond acceptors (Lipinski definition) is 3. The van der Waals surface area contributed by atoms with Crippen molar-refractivity contribution < 1.29 is 13.5 Å². The summed E-state index contributed by atoms with van der Waals surface area (Å²) in [7, 11) is 3.10. The van der Waals surface area contributed by atoms with E-state index in [1.807, 2.05) is 0 Å². The van der Waals surface area contributed by atoms with Gasteiger partial charge in [0.1, 0.15) is 23.1 Å². The van der Waals surface area contributed by atoms with Gasteiger partial charge in [0.2, 0.25) is 0 Å². The number of benzene rings is 2. The summed E-state index contributed by atoms with van der Waals surface area (Å²) in [5.41, 5.74) is 6.26. The maximum Gasteiger partial charge on any atom is 0.150 e. The summed E-state index contributed by atoms with van der Waals surface area (Å²) in [5, 5.41) is 0. The highest BCUT2D eigenvalue weighted by Gasteiger charge is 2.18. The number of nitrogens with zero attached hydrogens (tertiary/aromatic N) is 1. The second-order valence-corrected chi connectivity index (χ2v) is 4.34. The third-order valence-electron chi connectivity index (χ3n) is 3.09. The molecule has 0 radical (unpaired) electrons. The number of nitrogens with two attached hydrogens (primary N) is 1. The summed E-state index contributed by atoms with van der Waals surface area (Å²) < 4.78 is 33.4. The highest BCUT2D eigenvalue weighted by molar-refractivity contribution is 5.69. The lowest BCUT2D eigenvalue weighted by Gasteiger charge is -2.23. The van der Waals surface area contributed by atoms with Gasteiger partial charge in [0.25, 0.3) is 0 Å². The number of para-hydroxylation sites is 2. The molecule has 2 rings (SSSR count). The summed E-state index contributed by atoms with van der Waals surface area (Å²) in [5.74, 6) is -0.769. The van der Waals surface area contributed by atoms with Gasteiger partial charge in [-0.15, -0.1) is 0 Å². The van der Waals surface area contributed by atoms with Crippen LogP contribution in [0.25, 0.3) is 0 Å². The lowest BCUT2D eigenvalue weighted by atomic mass is 10.1. The van der Waals surface area contributed by atoms with Crippen LogP contribution < -0.4 is 15.4 Å². The fourth-order valence-corrected chi connectivity index (χ4v) is 2.08. The second-order valence-electron chi connectivity index (χ2n) is 4.34. The minimum absolute atomic E-state index is 0.0898. The normalized spacial score (nSPS) is 10.4. The van der Waals surface area contributed by atoms with Gasteiger partial charge < -0.3 is 15.4 Å². The van der Waals surface area contributed by atoms with Crippen LogP contribution in [-0.4, -0.2) is 14.2 Å². The topological polar surface area (TPSA) is 38.5 Å². The smallest absolute Gasteiger partial charge is 0.150 e. The molecule has 0 aliphatic rings. The first-order chi connectivity index (χ1) is 9.58. The van der Waals surface area contributed by atoms with E-state index >= 15 is 0 Å². The molecule has 2 N–H and O–H groups in total. The minimum Gasteiger partial charge on any atom is -0.495 e. The van der Waals surface area contributed by atoms with Crippen LogP contribution in [0.4, 0.5) is 20.2 Å². The first kappa shape index (κ1) is 14.3. The van der Waals surface area contributed by atoms with Gasteiger partial charge in [0.15, 0.2) is 0 Å². The first-order valence-electron chi connectivity index (χ1n) is 6.13. The molecule has 0 unspecified atom stereocenters. The maximum absolute atomic E-state index is 14.1. The average molecular weight is 278 g/mol. The molecule has 0 amide bonds. The number of methoxy groups -OCH3 is 1. The van der Waals surface area contributed by atoms with Crippen molar-refractivity contribution in [2.75, 3.05) is 19.1 Å². The maximum atomic E-state index is 14.1. The zero-order chi connectivity index (χ0) is 14.7. The quantitative estimate of drug-likeness (QED) is 0.933. The predicted octanol–water partition coefficient (Wildman–Crippen LogP) is 3.20. The second kappa shape index (κ2) is 5.88. The Morgan fingerprint density at radius 1 is 1.15 bits per heavy atom. The fourth-order valence-electron chi connectivity index (χ4n) is 2.08. The Kier molecular flexibility index (Phi) is 4.20. The number of anilines is 2. The molecular formula is C15H16F2N2O.